The summed E-state index contributed by atoms with van der Waals surface area (Å²) in [7, 11) is -5.57. The van der Waals surface area contributed by atoms with Gasteiger partial charge in [-0.05, 0) is 76.4 Å². The van der Waals surface area contributed by atoms with Crippen molar-refractivity contribution in [2.45, 2.75) is 37.8 Å². The van der Waals surface area contributed by atoms with E-state index in [1.807, 2.05) is 60.7 Å². The number of hydrogen-bond acceptors (Lipinski definition) is 6. The molecule has 0 saturated heterocycles. The van der Waals surface area contributed by atoms with Crippen LogP contribution in [0.1, 0.15) is 39.8 Å². The van der Waals surface area contributed by atoms with Gasteiger partial charge in [0.1, 0.15) is 12.4 Å². The third kappa shape index (κ3) is 7.15. The Hall–Kier alpha value is -5.16. The van der Waals surface area contributed by atoms with Crippen molar-refractivity contribution in [1.82, 2.24) is 9.71 Å². The van der Waals surface area contributed by atoms with Crippen molar-refractivity contribution in [2.75, 3.05) is 0 Å². The number of nitrogens with zero attached hydrogens (tertiary/aromatic N) is 2. The zero-order valence-corrected chi connectivity index (χ0v) is 25.8. The van der Waals surface area contributed by atoms with Crippen molar-refractivity contribution < 1.29 is 30.6 Å². The minimum Gasteiger partial charge on any atom is -0.404 e. The maximum atomic E-state index is 12.9. The maximum Gasteiger partial charge on any atom is 0.534 e. The van der Waals surface area contributed by atoms with E-state index >= 15 is 0 Å². The number of aromatic nitrogens is 2. The highest BCUT2D eigenvalue weighted by Crippen LogP contribution is 2.33. The SMILES string of the molecule is O=S(=O)(OC1=CCc2ccccc2C1)C(F)(F)F.O=c1cc(C2=Cc3ccccc3CC2)c2cccnc2n1OCc1ccccc1. The fourth-order valence-corrected chi connectivity index (χ4v) is 6.05. The molecule has 0 unspecified atom stereocenters. The van der Waals surface area contributed by atoms with Crippen LogP contribution in [0, 0.1) is 0 Å². The average Bonchev–Trinajstić information content (AvgIpc) is 3.07. The minimum atomic E-state index is -5.57. The summed E-state index contributed by atoms with van der Waals surface area (Å²) in [5.74, 6) is -0.189. The Labute approximate surface area is 269 Å². The number of benzene rings is 3. The number of rotatable bonds is 6. The summed E-state index contributed by atoms with van der Waals surface area (Å²) in [6, 6.07) is 30.9. The number of fused-ring (bicyclic) bond motifs is 3. The second kappa shape index (κ2) is 13.3. The molecule has 0 fully saturated rings. The van der Waals surface area contributed by atoms with E-state index in [0.29, 0.717) is 18.7 Å². The molecule has 240 valence electrons. The zero-order chi connectivity index (χ0) is 33.0. The Balaban J connectivity index is 0.000000185. The largest absolute Gasteiger partial charge is 0.534 e. The van der Waals surface area contributed by atoms with Crippen LogP contribution in [-0.4, -0.2) is 23.6 Å². The molecule has 0 bridgehead atoms. The molecule has 3 aromatic carbocycles. The quantitative estimate of drug-likeness (QED) is 0.144. The summed E-state index contributed by atoms with van der Waals surface area (Å²) in [5.41, 5.74) is 2.33. The van der Waals surface area contributed by atoms with Gasteiger partial charge in [0, 0.05) is 24.1 Å². The van der Waals surface area contributed by atoms with E-state index in [-0.39, 0.29) is 17.7 Å². The Morgan fingerprint density at radius 3 is 2.30 bits per heavy atom. The lowest BCUT2D eigenvalue weighted by Gasteiger charge is -2.19. The van der Waals surface area contributed by atoms with Gasteiger partial charge in [0.05, 0.1) is 0 Å². The number of pyridine rings is 2. The van der Waals surface area contributed by atoms with Gasteiger partial charge in [0.25, 0.3) is 5.56 Å². The van der Waals surface area contributed by atoms with Crippen LogP contribution in [0.2, 0.25) is 0 Å². The third-order valence-electron chi connectivity index (χ3n) is 7.87. The van der Waals surface area contributed by atoms with Crippen LogP contribution in [-0.2, 0) is 40.2 Å². The Bertz CT molecular complexity index is 2160. The monoisotopic (exact) mass is 658 g/mol. The summed E-state index contributed by atoms with van der Waals surface area (Å²) in [5, 5.41) is 0.922. The fourth-order valence-electron chi connectivity index (χ4n) is 5.55. The molecule has 0 radical (unpaired) electrons. The highest BCUT2D eigenvalue weighted by Gasteiger charge is 2.48. The molecule has 0 amide bonds. The lowest BCUT2D eigenvalue weighted by Crippen LogP contribution is -2.28. The molecule has 0 spiro atoms. The molecule has 7 nitrogen and oxygen atoms in total. The van der Waals surface area contributed by atoms with E-state index in [0.717, 1.165) is 46.1 Å². The highest BCUT2D eigenvalue weighted by atomic mass is 32.2. The molecule has 11 heteroatoms. The molecule has 5 aromatic rings. The van der Waals surface area contributed by atoms with Crippen molar-refractivity contribution in [3.8, 4) is 0 Å². The smallest absolute Gasteiger partial charge is 0.404 e. The molecule has 2 heterocycles. The molecular formula is C36H29F3N2O5S. The van der Waals surface area contributed by atoms with Crippen molar-refractivity contribution in [3.63, 3.8) is 0 Å². The van der Waals surface area contributed by atoms with E-state index < -0.39 is 15.6 Å². The van der Waals surface area contributed by atoms with Gasteiger partial charge in [-0.25, -0.2) is 4.98 Å². The van der Waals surface area contributed by atoms with Gasteiger partial charge >= 0.3 is 15.6 Å². The second-order valence-corrected chi connectivity index (χ2v) is 12.5. The molecular weight excluding hydrogens is 629 g/mol. The summed E-state index contributed by atoms with van der Waals surface area (Å²) in [6.45, 7) is 0.307. The van der Waals surface area contributed by atoms with E-state index in [9.17, 15) is 26.4 Å². The first-order valence-corrected chi connectivity index (χ1v) is 16.2. The van der Waals surface area contributed by atoms with Crippen LogP contribution in [0.15, 0.2) is 120 Å². The highest BCUT2D eigenvalue weighted by molar-refractivity contribution is 7.87. The normalized spacial score (nSPS) is 14.1. The number of alkyl halides is 3. The Morgan fingerprint density at radius 2 is 1.53 bits per heavy atom. The number of halogens is 3. The molecule has 0 aliphatic heterocycles. The standard InChI is InChI=1S/C25H20N2O2.C11H9F3O3S/c28-24-16-23(21-13-12-19-9-4-5-10-20(19)15-21)22-11-6-14-26-25(22)27(24)29-17-18-7-2-1-3-8-18;12-11(13,14)18(15,16)17-10-6-5-8-3-1-2-4-9(8)7-10/h1-11,14-16H,12-13,17H2;1-4,6H,5,7H2. The van der Waals surface area contributed by atoms with Gasteiger partial charge in [0.15, 0.2) is 5.65 Å². The van der Waals surface area contributed by atoms with Gasteiger partial charge in [-0.1, -0.05) is 84.9 Å². The first kappa shape index (κ1) is 31.8. The maximum absolute atomic E-state index is 12.9. The zero-order valence-electron chi connectivity index (χ0n) is 25.0. The Kier molecular flexibility index (Phi) is 8.99. The van der Waals surface area contributed by atoms with Crippen LogP contribution >= 0.6 is 0 Å². The van der Waals surface area contributed by atoms with Crippen LogP contribution in [0.5, 0.6) is 0 Å². The van der Waals surface area contributed by atoms with Crippen LogP contribution < -0.4 is 10.4 Å². The number of hydrogen-bond donors (Lipinski definition) is 0. The molecule has 2 aromatic heterocycles. The van der Waals surface area contributed by atoms with E-state index in [4.69, 9.17) is 4.84 Å². The van der Waals surface area contributed by atoms with Gasteiger partial charge in [-0.3, -0.25) is 4.79 Å². The van der Waals surface area contributed by atoms with Gasteiger partial charge < -0.3 is 9.02 Å². The number of allylic oxidation sites excluding steroid dienone is 3. The first-order chi connectivity index (χ1) is 22.6. The van der Waals surface area contributed by atoms with E-state index in [1.54, 1.807) is 24.4 Å². The average molecular weight is 659 g/mol. The Morgan fingerprint density at radius 1 is 0.830 bits per heavy atom. The van der Waals surface area contributed by atoms with Gasteiger partial charge in [-0.15, -0.1) is 4.73 Å². The molecule has 0 saturated carbocycles. The van der Waals surface area contributed by atoms with Gasteiger partial charge in [-0.2, -0.15) is 21.6 Å². The van der Waals surface area contributed by atoms with Crippen molar-refractivity contribution in [2.24, 2.45) is 0 Å². The molecule has 0 N–H and O–H groups in total. The van der Waals surface area contributed by atoms with Crippen LogP contribution in [0.3, 0.4) is 0 Å². The van der Waals surface area contributed by atoms with Crippen LogP contribution in [0.4, 0.5) is 13.2 Å². The predicted molar refractivity (Wildman–Crippen MR) is 173 cm³/mol. The first-order valence-electron chi connectivity index (χ1n) is 14.8. The van der Waals surface area contributed by atoms with E-state index in [1.165, 1.54) is 21.9 Å². The summed E-state index contributed by atoms with van der Waals surface area (Å²) < 4.78 is 63.5. The molecule has 47 heavy (non-hydrogen) atoms. The number of aryl methyl sites for hydroxylation is 1. The summed E-state index contributed by atoms with van der Waals surface area (Å²) in [6.07, 6.45) is 7.51. The molecule has 7 rings (SSSR count). The molecule has 0 atom stereocenters. The second-order valence-electron chi connectivity index (χ2n) is 11.0. The predicted octanol–water partition coefficient (Wildman–Crippen LogP) is 7.05. The van der Waals surface area contributed by atoms with Gasteiger partial charge in [0.2, 0.25) is 0 Å². The lowest BCUT2D eigenvalue weighted by molar-refractivity contribution is -0.0523. The fraction of sp³-hybridized carbons (Fsp3) is 0.167. The molecule has 2 aliphatic rings. The van der Waals surface area contributed by atoms with Crippen LogP contribution in [0.25, 0.3) is 22.7 Å². The molecule has 2 aliphatic carbocycles. The summed E-state index contributed by atoms with van der Waals surface area (Å²) >= 11 is 0. The third-order valence-corrected chi connectivity index (χ3v) is 8.87. The minimum absolute atomic E-state index is 0.0471. The topological polar surface area (TPSA) is 87.5 Å². The summed E-state index contributed by atoms with van der Waals surface area (Å²) in [4.78, 5) is 23.3. The van der Waals surface area contributed by atoms with Crippen molar-refractivity contribution >= 4 is 32.8 Å². The van der Waals surface area contributed by atoms with E-state index in [2.05, 4.69) is 33.4 Å². The van der Waals surface area contributed by atoms with Crippen molar-refractivity contribution in [1.29, 1.82) is 0 Å². The lowest BCUT2D eigenvalue weighted by atomic mass is 9.88. The van der Waals surface area contributed by atoms with Crippen molar-refractivity contribution in [3.05, 3.63) is 159 Å².